The van der Waals surface area contributed by atoms with E-state index in [9.17, 15) is 4.57 Å². The van der Waals surface area contributed by atoms with Crippen LogP contribution in [0, 0.1) is 0 Å². The van der Waals surface area contributed by atoms with Crippen LogP contribution in [0.4, 0.5) is 0 Å². The molecule has 0 radical (unpaired) electrons. The molecular formula is C7H19N2O3P. The van der Waals surface area contributed by atoms with E-state index in [-0.39, 0.29) is 6.29 Å². The Labute approximate surface area is 79.5 Å². The van der Waals surface area contributed by atoms with Gasteiger partial charge >= 0.3 is 7.60 Å². The van der Waals surface area contributed by atoms with Gasteiger partial charge < -0.3 is 14.7 Å². The fourth-order valence-electron chi connectivity index (χ4n) is 0.885. The monoisotopic (exact) mass is 210 g/mol. The molecule has 2 N–H and O–H groups in total. The Morgan fingerprint density at radius 3 is 2.00 bits per heavy atom. The van der Waals surface area contributed by atoms with Crippen LogP contribution >= 0.6 is 7.60 Å². The summed E-state index contributed by atoms with van der Waals surface area (Å²) in [6.07, 6.45) is -0.162. The summed E-state index contributed by atoms with van der Waals surface area (Å²) in [5.74, 6) is 0. The van der Waals surface area contributed by atoms with E-state index in [1.54, 1.807) is 11.9 Å². The Morgan fingerprint density at radius 1 is 1.15 bits per heavy atom. The predicted molar refractivity (Wildman–Crippen MR) is 52.7 cm³/mol. The molecule has 6 heteroatoms. The summed E-state index contributed by atoms with van der Waals surface area (Å²) in [6, 6.07) is 0. The third kappa shape index (κ3) is 8.40. The first-order valence-electron chi connectivity index (χ1n) is 4.27. The van der Waals surface area contributed by atoms with Gasteiger partial charge in [0.25, 0.3) is 0 Å². The molecule has 13 heavy (non-hydrogen) atoms. The van der Waals surface area contributed by atoms with E-state index in [4.69, 9.17) is 9.79 Å². The van der Waals surface area contributed by atoms with Crippen LogP contribution in [-0.4, -0.2) is 59.6 Å². The highest BCUT2D eigenvalue weighted by atomic mass is 31.2. The highest BCUT2D eigenvalue weighted by molar-refractivity contribution is 7.51. The molecule has 0 aliphatic carbocycles. The molecule has 0 atom stereocenters. The number of hydrogen-bond acceptors (Lipinski definition) is 3. The SMILES string of the molecule is CCN(C)CCN(C)CP(=O)(O)O. The first-order chi connectivity index (χ1) is 5.85. The molecule has 0 aromatic carbocycles. The average Bonchev–Trinajstić information content (AvgIpc) is 1.97. The van der Waals surface area contributed by atoms with Gasteiger partial charge in [0.2, 0.25) is 0 Å². The van der Waals surface area contributed by atoms with Crippen molar-refractivity contribution >= 4 is 7.60 Å². The summed E-state index contributed by atoms with van der Waals surface area (Å²) >= 11 is 0. The third-order valence-corrected chi connectivity index (χ3v) is 2.68. The lowest BCUT2D eigenvalue weighted by molar-refractivity contribution is 0.266. The summed E-state index contributed by atoms with van der Waals surface area (Å²) in [4.78, 5) is 21.1. The average molecular weight is 210 g/mol. The van der Waals surface area contributed by atoms with Gasteiger partial charge in [0.1, 0.15) is 6.29 Å². The zero-order valence-corrected chi connectivity index (χ0v) is 9.37. The molecule has 0 rings (SSSR count). The Hall–Kier alpha value is 0.0700. The molecule has 5 nitrogen and oxygen atoms in total. The van der Waals surface area contributed by atoms with Crippen LogP contribution in [0.5, 0.6) is 0 Å². The molecule has 0 amide bonds. The minimum atomic E-state index is -3.88. The third-order valence-electron chi connectivity index (χ3n) is 1.83. The summed E-state index contributed by atoms with van der Waals surface area (Å²) in [6.45, 7) is 4.50. The molecular weight excluding hydrogens is 191 g/mol. The van der Waals surface area contributed by atoms with Gasteiger partial charge in [-0.15, -0.1) is 0 Å². The van der Waals surface area contributed by atoms with Crippen LogP contribution in [0.3, 0.4) is 0 Å². The van der Waals surface area contributed by atoms with Crippen molar-refractivity contribution in [2.45, 2.75) is 6.92 Å². The molecule has 0 aliphatic heterocycles. The maximum atomic E-state index is 10.6. The van der Waals surface area contributed by atoms with Gasteiger partial charge in [0.15, 0.2) is 0 Å². The Balaban J connectivity index is 3.63. The fraction of sp³-hybridized carbons (Fsp3) is 1.00. The van der Waals surface area contributed by atoms with E-state index >= 15 is 0 Å². The Morgan fingerprint density at radius 2 is 1.62 bits per heavy atom. The zero-order chi connectivity index (χ0) is 10.5. The molecule has 0 aliphatic rings. The first-order valence-corrected chi connectivity index (χ1v) is 6.06. The van der Waals surface area contributed by atoms with E-state index in [1.807, 2.05) is 14.0 Å². The van der Waals surface area contributed by atoms with Crippen LogP contribution in [0.15, 0.2) is 0 Å². The summed E-state index contributed by atoms with van der Waals surface area (Å²) in [5, 5.41) is 0. The number of hydrogen-bond donors (Lipinski definition) is 2. The second-order valence-electron chi connectivity index (χ2n) is 3.28. The van der Waals surface area contributed by atoms with Crippen LogP contribution in [-0.2, 0) is 4.57 Å². The van der Waals surface area contributed by atoms with Crippen molar-refractivity contribution in [1.82, 2.24) is 9.80 Å². The highest BCUT2D eigenvalue weighted by Crippen LogP contribution is 2.34. The fourth-order valence-corrected chi connectivity index (χ4v) is 1.66. The van der Waals surface area contributed by atoms with E-state index in [0.29, 0.717) is 6.54 Å². The summed E-state index contributed by atoms with van der Waals surface area (Å²) in [7, 11) is -0.194. The Bertz CT molecular complexity index is 183. The van der Waals surface area contributed by atoms with Crippen molar-refractivity contribution < 1.29 is 14.4 Å². The quantitative estimate of drug-likeness (QED) is 0.604. The largest absolute Gasteiger partial charge is 0.339 e. The lowest BCUT2D eigenvalue weighted by Crippen LogP contribution is -2.31. The Kier molecular flexibility index (Phi) is 5.76. The molecule has 0 unspecified atom stereocenters. The highest BCUT2D eigenvalue weighted by Gasteiger charge is 2.15. The number of likely N-dealkylation sites (N-methyl/N-ethyl adjacent to an activating group) is 2. The molecule has 0 bridgehead atoms. The van der Waals surface area contributed by atoms with Crippen LogP contribution in [0.1, 0.15) is 6.92 Å². The van der Waals surface area contributed by atoms with Gasteiger partial charge in [-0.1, -0.05) is 6.92 Å². The van der Waals surface area contributed by atoms with Crippen LogP contribution < -0.4 is 0 Å². The second-order valence-corrected chi connectivity index (χ2v) is 4.89. The van der Waals surface area contributed by atoms with Crippen LogP contribution in [0.25, 0.3) is 0 Å². The zero-order valence-electron chi connectivity index (χ0n) is 8.47. The summed E-state index contributed by atoms with van der Waals surface area (Å²) in [5.41, 5.74) is 0. The van der Waals surface area contributed by atoms with E-state index in [2.05, 4.69) is 4.90 Å². The molecule has 0 saturated carbocycles. The minimum Gasteiger partial charge on any atom is -0.324 e. The molecule has 0 aromatic heterocycles. The van der Waals surface area contributed by atoms with E-state index in [0.717, 1.165) is 13.1 Å². The summed E-state index contributed by atoms with van der Waals surface area (Å²) < 4.78 is 10.6. The van der Waals surface area contributed by atoms with Crippen LogP contribution in [0.2, 0.25) is 0 Å². The van der Waals surface area contributed by atoms with E-state index in [1.165, 1.54) is 0 Å². The number of nitrogens with zero attached hydrogens (tertiary/aromatic N) is 2. The lowest BCUT2D eigenvalue weighted by atomic mass is 10.5. The smallest absolute Gasteiger partial charge is 0.324 e. The van der Waals surface area contributed by atoms with Crippen molar-refractivity contribution in [3.8, 4) is 0 Å². The molecule has 0 spiro atoms. The van der Waals surface area contributed by atoms with Gasteiger partial charge in [-0.25, -0.2) is 0 Å². The molecule has 80 valence electrons. The van der Waals surface area contributed by atoms with Gasteiger partial charge in [0, 0.05) is 13.1 Å². The van der Waals surface area contributed by atoms with Gasteiger partial charge in [0.05, 0.1) is 0 Å². The standard InChI is InChI=1S/C7H19N2O3P/c1-4-8(2)5-6-9(3)7-13(10,11)12/h4-7H2,1-3H3,(H2,10,11,12). The minimum absolute atomic E-state index is 0.162. The van der Waals surface area contributed by atoms with E-state index < -0.39 is 7.60 Å². The van der Waals surface area contributed by atoms with Gasteiger partial charge in [-0.3, -0.25) is 9.46 Å². The van der Waals surface area contributed by atoms with Crippen molar-refractivity contribution in [3.63, 3.8) is 0 Å². The van der Waals surface area contributed by atoms with Crippen molar-refractivity contribution in [3.05, 3.63) is 0 Å². The van der Waals surface area contributed by atoms with Gasteiger partial charge in [-0.05, 0) is 20.6 Å². The van der Waals surface area contributed by atoms with Gasteiger partial charge in [-0.2, -0.15) is 0 Å². The maximum Gasteiger partial charge on any atom is 0.339 e. The molecule has 0 heterocycles. The molecule has 0 aromatic rings. The molecule has 0 saturated heterocycles. The second kappa shape index (κ2) is 5.73. The lowest BCUT2D eigenvalue weighted by Gasteiger charge is -2.20. The first kappa shape index (κ1) is 13.1. The predicted octanol–water partition coefficient (Wildman–Crippen LogP) is 0.00510. The van der Waals surface area contributed by atoms with Crippen molar-refractivity contribution in [1.29, 1.82) is 0 Å². The maximum absolute atomic E-state index is 10.6. The number of rotatable bonds is 6. The van der Waals surface area contributed by atoms with Crippen molar-refractivity contribution in [2.75, 3.05) is 40.0 Å². The molecule has 0 fully saturated rings. The topological polar surface area (TPSA) is 64.0 Å². The normalized spacial score (nSPS) is 12.8. The van der Waals surface area contributed by atoms with Crippen molar-refractivity contribution in [2.24, 2.45) is 0 Å².